The third-order valence-corrected chi connectivity index (χ3v) is 5.85. The van der Waals surface area contributed by atoms with Gasteiger partial charge in [0.2, 0.25) is 0 Å². The Kier molecular flexibility index (Phi) is 6.10. The van der Waals surface area contributed by atoms with Gasteiger partial charge in [-0.25, -0.2) is 4.79 Å². The molecule has 0 bridgehead atoms. The summed E-state index contributed by atoms with van der Waals surface area (Å²) in [5, 5.41) is 8.84. The van der Waals surface area contributed by atoms with Gasteiger partial charge in [0.25, 0.3) is 0 Å². The number of aliphatic carboxylic acids is 1. The number of methoxy groups -OCH3 is 1. The van der Waals surface area contributed by atoms with Crippen molar-refractivity contribution in [2.24, 2.45) is 0 Å². The molecule has 5 heteroatoms. The first-order valence-corrected chi connectivity index (χ1v) is 9.29. The number of fused-ring (bicyclic) bond motifs is 1. The van der Waals surface area contributed by atoms with Gasteiger partial charge in [-0.15, -0.1) is 0 Å². The van der Waals surface area contributed by atoms with Crippen molar-refractivity contribution >= 4 is 5.97 Å². The second-order valence-corrected chi connectivity index (χ2v) is 7.26. The summed E-state index contributed by atoms with van der Waals surface area (Å²) in [5.41, 5.74) is 1.31. The minimum Gasteiger partial charge on any atom is -0.480 e. The van der Waals surface area contributed by atoms with Crippen molar-refractivity contribution in [3.63, 3.8) is 0 Å². The first kappa shape index (κ1) is 18.4. The number of hydrogen-bond donors (Lipinski definition) is 1. The Balaban J connectivity index is 1.55. The lowest BCUT2D eigenvalue weighted by Crippen LogP contribution is -2.52. The molecule has 2 fully saturated rings. The summed E-state index contributed by atoms with van der Waals surface area (Å²) in [5.74, 6) is -0.894. The molecule has 138 valence electrons. The van der Waals surface area contributed by atoms with Crippen LogP contribution in [0.2, 0.25) is 0 Å². The third-order valence-electron chi connectivity index (χ3n) is 5.85. The lowest BCUT2D eigenvalue weighted by Gasteiger charge is -2.43. The fourth-order valence-electron chi connectivity index (χ4n) is 4.49. The molecule has 1 N–H and O–H groups in total. The van der Waals surface area contributed by atoms with Crippen molar-refractivity contribution in [2.75, 3.05) is 26.8 Å². The minimum atomic E-state index is -0.894. The zero-order valence-electron chi connectivity index (χ0n) is 15.0. The average molecular weight is 347 g/mol. The highest BCUT2D eigenvalue weighted by Gasteiger charge is 2.50. The Morgan fingerprint density at radius 1 is 1.32 bits per heavy atom. The molecule has 25 heavy (non-hydrogen) atoms. The second-order valence-electron chi connectivity index (χ2n) is 7.26. The number of carboxylic acids is 1. The summed E-state index contributed by atoms with van der Waals surface area (Å²) in [7, 11) is 1.82. The minimum absolute atomic E-state index is 0.0269. The maximum absolute atomic E-state index is 10.8. The number of aryl methyl sites for hydroxylation is 1. The van der Waals surface area contributed by atoms with Gasteiger partial charge >= 0.3 is 5.97 Å². The van der Waals surface area contributed by atoms with Crippen LogP contribution in [0.1, 0.15) is 37.7 Å². The van der Waals surface area contributed by atoms with Gasteiger partial charge in [-0.2, -0.15) is 0 Å². The van der Waals surface area contributed by atoms with Gasteiger partial charge in [-0.3, -0.25) is 4.90 Å². The van der Waals surface area contributed by atoms with Gasteiger partial charge in [0.15, 0.2) is 0 Å². The van der Waals surface area contributed by atoms with Crippen molar-refractivity contribution in [1.82, 2.24) is 4.90 Å². The van der Waals surface area contributed by atoms with E-state index in [9.17, 15) is 4.79 Å². The van der Waals surface area contributed by atoms with Crippen molar-refractivity contribution in [1.29, 1.82) is 0 Å². The van der Waals surface area contributed by atoms with E-state index in [4.69, 9.17) is 14.6 Å². The molecule has 1 aromatic rings. The Hall–Kier alpha value is -1.43. The lowest BCUT2D eigenvalue weighted by molar-refractivity contribution is -0.148. The summed E-state index contributed by atoms with van der Waals surface area (Å²) >= 11 is 0. The van der Waals surface area contributed by atoms with Gasteiger partial charge < -0.3 is 14.6 Å². The van der Waals surface area contributed by atoms with Crippen LogP contribution in [0.15, 0.2) is 30.3 Å². The van der Waals surface area contributed by atoms with E-state index in [-0.39, 0.29) is 18.3 Å². The fourth-order valence-corrected chi connectivity index (χ4v) is 4.49. The molecule has 5 nitrogen and oxygen atoms in total. The predicted molar refractivity (Wildman–Crippen MR) is 95.7 cm³/mol. The van der Waals surface area contributed by atoms with E-state index in [1.807, 2.05) is 7.11 Å². The third kappa shape index (κ3) is 4.40. The van der Waals surface area contributed by atoms with Crippen molar-refractivity contribution in [3.05, 3.63) is 35.9 Å². The summed E-state index contributed by atoms with van der Waals surface area (Å²) in [6.45, 7) is 1.90. The Labute approximate surface area is 149 Å². The van der Waals surface area contributed by atoms with Crippen LogP contribution in [-0.2, 0) is 20.7 Å². The average Bonchev–Trinajstić information content (AvgIpc) is 2.99. The number of benzene rings is 1. The van der Waals surface area contributed by atoms with Gasteiger partial charge in [0, 0.05) is 19.7 Å². The lowest BCUT2D eigenvalue weighted by atomic mass is 9.79. The molecule has 1 aliphatic heterocycles. The SMILES string of the molecule is CO[C@@]12CC[C@H](OCC(=O)O)C[C@@H]1N(CCCc1ccccc1)CC2. The van der Waals surface area contributed by atoms with Crippen LogP contribution in [0, 0.1) is 0 Å². The number of ether oxygens (including phenoxy) is 2. The Bertz CT molecular complexity index is 564. The highest BCUT2D eigenvalue weighted by atomic mass is 16.5. The quantitative estimate of drug-likeness (QED) is 0.783. The van der Waals surface area contributed by atoms with E-state index in [0.717, 1.165) is 51.6 Å². The largest absolute Gasteiger partial charge is 0.480 e. The molecular weight excluding hydrogens is 318 g/mol. The van der Waals surface area contributed by atoms with Crippen LogP contribution in [0.4, 0.5) is 0 Å². The van der Waals surface area contributed by atoms with E-state index < -0.39 is 5.97 Å². The van der Waals surface area contributed by atoms with E-state index in [0.29, 0.717) is 6.04 Å². The number of carboxylic acid groups (broad SMARTS) is 1. The van der Waals surface area contributed by atoms with Gasteiger partial charge in [0.05, 0.1) is 11.7 Å². The zero-order chi connectivity index (χ0) is 17.7. The fraction of sp³-hybridized carbons (Fsp3) is 0.650. The van der Waals surface area contributed by atoms with Gasteiger partial charge in [-0.05, 0) is 50.6 Å². The molecule has 0 aromatic heterocycles. The summed E-state index contributed by atoms with van der Waals surface area (Å²) < 4.78 is 11.5. The molecule has 0 unspecified atom stereocenters. The molecule has 3 atom stereocenters. The first-order chi connectivity index (χ1) is 12.1. The molecule has 1 aliphatic carbocycles. The highest BCUT2D eigenvalue weighted by Crippen LogP contribution is 2.43. The number of hydrogen-bond acceptors (Lipinski definition) is 4. The first-order valence-electron chi connectivity index (χ1n) is 9.29. The number of carbonyl (C=O) groups is 1. The maximum Gasteiger partial charge on any atom is 0.329 e. The molecule has 2 aliphatic rings. The molecule has 0 amide bonds. The molecule has 1 saturated heterocycles. The van der Waals surface area contributed by atoms with Crippen LogP contribution in [0.5, 0.6) is 0 Å². The van der Waals surface area contributed by atoms with Crippen LogP contribution < -0.4 is 0 Å². The number of nitrogens with zero attached hydrogens (tertiary/aromatic N) is 1. The topological polar surface area (TPSA) is 59.0 Å². The summed E-state index contributed by atoms with van der Waals surface area (Å²) in [6.07, 6.45) is 6.00. The van der Waals surface area contributed by atoms with Crippen LogP contribution in [0.3, 0.4) is 0 Å². The molecule has 1 saturated carbocycles. The van der Waals surface area contributed by atoms with E-state index in [1.54, 1.807) is 0 Å². The monoisotopic (exact) mass is 347 g/mol. The molecular formula is C20H29NO4. The van der Waals surface area contributed by atoms with Crippen LogP contribution in [0.25, 0.3) is 0 Å². The van der Waals surface area contributed by atoms with Crippen molar-refractivity contribution in [2.45, 2.75) is 56.3 Å². The standard InChI is InChI=1S/C20H29NO4/c1-24-20-10-9-17(25-15-19(22)23)14-18(20)21(13-11-20)12-5-8-16-6-3-2-4-7-16/h2-4,6-7,17-18H,5,8-15H2,1H3,(H,22,23)/t17-,18-,20+/m0/s1. The van der Waals surface area contributed by atoms with Crippen molar-refractivity contribution < 1.29 is 19.4 Å². The zero-order valence-corrected chi connectivity index (χ0v) is 15.0. The van der Waals surface area contributed by atoms with E-state index >= 15 is 0 Å². The van der Waals surface area contributed by atoms with Gasteiger partial charge in [-0.1, -0.05) is 30.3 Å². The van der Waals surface area contributed by atoms with Crippen LogP contribution in [-0.4, -0.2) is 60.5 Å². The molecule has 3 rings (SSSR count). The Morgan fingerprint density at radius 2 is 2.12 bits per heavy atom. The van der Waals surface area contributed by atoms with E-state index in [2.05, 4.69) is 35.2 Å². The molecule has 1 aromatic carbocycles. The van der Waals surface area contributed by atoms with E-state index in [1.165, 1.54) is 5.56 Å². The molecule has 1 heterocycles. The van der Waals surface area contributed by atoms with Crippen molar-refractivity contribution in [3.8, 4) is 0 Å². The second kappa shape index (κ2) is 8.30. The number of likely N-dealkylation sites (tertiary alicyclic amines) is 1. The summed E-state index contributed by atoms with van der Waals surface area (Å²) in [6, 6.07) is 10.9. The normalized spacial score (nSPS) is 29.5. The number of rotatable bonds is 8. The summed E-state index contributed by atoms with van der Waals surface area (Å²) in [4.78, 5) is 13.3. The predicted octanol–water partition coefficient (Wildman–Crippen LogP) is 2.73. The maximum atomic E-state index is 10.8. The smallest absolute Gasteiger partial charge is 0.329 e. The highest BCUT2D eigenvalue weighted by molar-refractivity contribution is 5.68. The van der Waals surface area contributed by atoms with Gasteiger partial charge in [0.1, 0.15) is 6.61 Å². The molecule has 0 spiro atoms. The Morgan fingerprint density at radius 3 is 2.84 bits per heavy atom. The van der Waals surface area contributed by atoms with Crippen LogP contribution >= 0.6 is 0 Å². The molecule has 0 radical (unpaired) electrons.